The van der Waals surface area contributed by atoms with Crippen LogP contribution in [0.1, 0.15) is 34.7 Å². The van der Waals surface area contributed by atoms with Crippen LogP contribution in [0.15, 0.2) is 67.0 Å². The molecule has 3 aromatic rings. The fourth-order valence-corrected chi connectivity index (χ4v) is 2.87. The zero-order valence-corrected chi connectivity index (χ0v) is 16.3. The first-order valence-electron chi connectivity index (χ1n) is 9.36. The Morgan fingerprint density at radius 2 is 1.72 bits per heavy atom. The van der Waals surface area contributed by atoms with Crippen molar-refractivity contribution in [3.63, 3.8) is 0 Å². The van der Waals surface area contributed by atoms with Crippen LogP contribution < -0.4 is 10.2 Å². The molecule has 0 aliphatic heterocycles. The van der Waals surface area contributed by atoms with Gasteiger partial charge in [-0.15, -0.1) is 0 Å². The third-order valence-corrected chi connectivity index (χ3v) is 4.22. The van der Waals surface area contributed by atoms with Crippen molar-refractivity contribution < 1.29 is 14.3 Å². The maximum Gasteiger partial charge on any atom is 0.340 e. The molecule has 1 aromatic heterocycles. The first-order chi connectivity index (χ1) is 14.1. The second-order valence-electron chi connectivity index (χ2n) is 6.06. The summed E-state index contributed by atoms with van der Waals surface area (Å²) in [7, 11) is 0. The number of benzene rings is 2. The monoisotopic (exact) mass is 390 g/mol. The van der Waals surface area contributed by atoms with Crippen LogP contribution in [0.5, 0.6) is 0 Å². The summed E-state index contributed by atoms with van der Waals surface area (Å²) < 4.78 is 5.05. The lowest BCUT2D eigenvalue weighted by molar-refractivity contribution is 0.0527. The number of carbonyl (C=O) groups excluding carboxylic acids is 2. The molecule has 0 spiro atoms. The van der Waals surface area contributed by atoms with Gasteiger partial charge in [0.25, 0.3) is 5.91 Å². The number of nitrogens with zero attached hydrogens (tertiary/aromatic N) is 3. The Labute approximate surface area is 169 Å². The number of para-hydroxylation sites is 2. The molecule has 0 atom stereocenters. The molecule has 1 amide bonds. The number of rotatable bonds is 7. The van der Waals surface area contributed by atoms with E-state index in [4.69, 9.17) is 4.74 Å². The number of hydrogen-bond acceptors (Lipinski definition) is 6. The second-order valence-corrected chi connectivity index (χ2v) is 6.06. The van der Waals surface area contributed by atoms with Gasteiger partial charge in [0.15, 0.2) is 0 Å². The summed E-state index contributed by atoms with van der Waals surface area (Å²) in [5, 5.41) is 2.74. The van der Waals surface area contributed by atoms with Crippen LogP contribution in [0.2, 0.25) is 0 Å². The van der Waals surface area contributed by atoms with E-state index in [1.807, 2.05) is 42.2 Å². The summed E-state index contributed by atoms with van der Waals surface area (Å²) in [6.45, 7) is 4.66. The molecule has 0 saturated heterocycles. The number of hydrogen-bond donors (Lipinski definition) is 1. The third kappa shape index (κ3) is 4.76. The van der Waals surface area contributed by atoms with Crippen LogP contribution in [-0.2, 0) is 4.74 Å². The van der Waals surface area contributed by atoms with Gasteiger partial charge in [0, 0.05) is 18.3 Å². The van der Waals surface area contributed by atoms with Crippen molar-refractivity contribution in [3.05, 3.63) is 78.2 Å². The molecule has 0 unspecified atom stereocenters. The third-order valence-electron chi connectivity index (χ3n) is 4.22. The Balaban J connectivity index is 1.85. The Kier molecular flexibility index (Phi) is 6.52. The molecular formula is C22H22N4O3. The number of esters is 1. The first-order valence-corrected chi connectivity index (χ1v) is 9.36. The van der Waals surface area contributed by atoms with Crippen molar-refractivity contribution in [2.45, 2.75) is 13.8 Å². The van der Waals surface area contributed by atoms with Crippen molar-refractivity contribution in [1.29, 1.82) is 0 Å². The van der Waals surface area contributed by atoms with E-state index in [-0.39, 0.29) is 17.9 Å². The van der Waals surface area contributed by atoms with Gasteiger partial charge in [-0.3, -0.25) is 4.79 Å². The molecule has 7 heteroatoms. The molecule has 3 rings (SSSR count). The summed E-state index contributed by atoms with van der Waals surface area (Å²) in [6.07, 6.45) is 1.35. The summed E-state index contributed by atoms with van der Waals surface area (Å²) in [5.41, 5.74) is 1.82. The van der Waals surface area contributed by atoms with E-state index in [1.54, 1.807) is 37.3 Å². The largest absolute Gasteiger partial charge is 0.462 e. The predicted molar refractivity (Wildman–Crippen MR) is 112 cm³/mol. The van der Waals surface area contributed by atoms with Crippen molar-refractivity contribution in [2.24, 2.45) is 0 Å². The Morgan fingerprint density at radius 1 is 1.00 bits per heavy atom. The van der Waals surface area contributed by atoms with Gasteiger partial charge in [0.05, 0.1) is 17.9 Å². The lowest BCUT2D eigenvalue weighted by Crippen LogP contribution is -2.20. The molecule has 1 heterocycles. The lowest BCUT2D eigenvalue weighted by Gasteiger charge is -2.22. The minimum Gasteiger partial charge on any atom is -0.462 e. The highest BCUT2D eigenvalue weighted by molar-refractivity contribution is 6.07. The van der Waals surface area contributed by atoms with E-state index in [1.165, 1.54) is 6.33 Å². The highest BCUT2D eigenvalue weighted by Gasteiger charge is 2.17. The van der Waals surface area contributed by atoms with E-state index in [0.29, 0.717) is 18.1 Å². The van der Waals surface area contributed by atoms with Crippen molar-refractivity contribution >= 4 is 29.1 Å². The topological polar surface area (TPSA) is 84.4 Å². The smallest absolute Gasteiger partial charge is 0.340 e. The fraction of sp³-hybridized carbons (Fsp3) is 0.182. The molecular weight excluding hydrogens is 368 g/mol. The summed E-state index contributed by atoms with van der Waals surface area (Å²) in [6, 6.07) is 18.1. The van der Waals surface area contributed by atoms with E-state index >= 15 is 0 Å². The van der Waals surface area contributed by atoms with Crippen LogP contribution in [0.4, 0.5) is 17.2 Å². The molecule has 0 bridgehead atoms. The van der Waals surface area contributed by atoms with E-state index < -0.39 is 11.9 Å². The van der Waals surface area contributed by atoms with Gasteiger partial charge in [0.1, 0.15) is 17.8 Å². The van der Waals surface area contributed by atoms with Gasteiger partial charge in [-0.1, -0.05) is 30.3 Å². The van der Waals surface area contributed by atoms with E-state index in [9.17, 15) is 9.59 Å². The molecule has 0 aliphatic rings. The molecule has 0 fully saturated rings. The molecule has 29 heavy (non-hydrogen) atoms. The molecule has 2 aromatic carbocycles. The van der Waals surface area contributed by atoms with Gasteiger partial charge >= 0.3 is 5.97 Å². The number of nitrogens with one attached hydrogen (secondary N) is 1. The average molecular weight is 390 g/mol. The average Bonchev–Trinajstić information content (AvgIpc) is 2.76. The highest BCUT2D eigenvalue weighted by Crippen LogP contribution is 2.23. The van der Waals surface area contributed by atoms with Crippen molar-refractivity contribution in [1.82, 2.24) is 9.97 Å². The van der Waals surface area contributed by atoms with Gasteiger partial charge in [-0.2, -0.15) is 0 Å². The predicted octanol–water partition coefficient (Wildman–Crippen LogP) is 4.06. The van der Waals surface area contributed by atoms with Gasteiger partial charge in [0.2, 0.25) is 0 Å². The standard InChI is InChI=1S/C22H22N4O3/c1-3-26(16-10-6-5-7-11-16)20-14-19(23-15-24-20)21(27)25-18-13-9-8-12-17(18)22(28)29-4-2/h5-15H,3-4H2,1-2H3,(H,25,27). The first kappa shape index (κ1) is 20.0. The summed E-state index contributed by atoms with van der Waals surface area (Å²) >= 11 is 0. The molecule has 148 valence electrons. The SMILES string of the molecule is CCOC(=O)c1ccccc1NC(=O)c1cc(N(CC)c2ccccc2)ncn1. The van der Waals surface area contributed by atoms with Gasteiger partial charge in [-0.25, -0.2) is 14.8 Å². The van der Waals surface area contributed by atoms with Crippen molar-refractivity contribution in [3.8, 4) is 0 Å². The summed E-state index contributed by atoms with van der Waals surface area (Å²) in [4.78, 5) is 35.3. The Morgan fingerprint density at radius 3 is 2.45 bits per heavy atom. The highest BCUT2D eigenvalue weighted by atomic mass is 16.5. The van der Waals surface area contributed by atoms with Crippen LogP contribution in [0, 0.1) is 0 Å². The number of amides is 1. The molecule has 0 aliphatic carbocycles. The van der Waals surface area contributed by atoms with Gasteiger partial charge in [-0.05, 0) is 38.1 Å². The summed E-state index contributed by atoms with van der Waals surface area (Å²) in [5.74, 6) is -0.319. The number of ether oxygens (including phenoxy) is 1. The molecule has 7 nitrogen and oxygen atoms in total. The number of aromatic nitrogens is 2. The van der Waals surface area contributed by atoms with E-state index in [2.05, 4.69) is 15.3 Å². The molecule has 0 saturated carbocycles. The van der Waals surface area contributed by atoms with E-state index in [0.717, 1.165) is 5.69 Å². The maximum absolute atomic E-state index is 12.8. The minimum atomic E-state index is -0.493. The maximum atomic E-state index is 12.8. The normalized spacial score (nSPS) is 10.3. The zero-order chi connectivity index (χ0) is 20.6. The van der Waals surface area contributed by atoms with Gasteiger partial charge < -0.3 is 15.0 Å². The quantitative estimate of drug-likeness (QED) is 0.613. The Hall–Kier alpha value is -3.74. The molecule has 1 N–H and O–H groups in total. The molecule has 0 radical (unpaired) electrons. The van der Waals surface area contributed by atoms with Crippen LogP contribution in [0.25, 0.3) is 0 Å². The number of carbonyl (C=O) groups is 2. The lowest BCUT2D eigenvalue weighted by atomic mass is 10.1. The number of anilines is 3. The van der Waals surface area contributed by atoms with Crippen LogP contribution >= 0.6 is 0 Å². The van der Waals surface area contributed by atoms with Crippen LogP contribution in [0.3, 0.4) is 0 Å². The minimum absolute atomic E-state index is 0.197. The van der Waals surface area contributed by atoms with Crippen LogP contribution in [-0.4, -0.2) is 35.0 Å². The second kappa shape index (κ2) is 9.45. The zero-order valence-electron chi connectivity index (χ0n) is 16.3. The fourth-order valence-electron chi connectivity index (χ4n) is 2.87. The Bertz CT molecular complexity index is 992. The van der Waals surface area contributed by atoms with Crippen molar-refractivity contribution in [2.75, 3.05) is 23.4 Å².